The largest absolute Gasteiger partial charge is 0.390 e. The van der Waals surface area contributed by atoms with Crippen molar-refractivity contribution in [3.05, 3.63) is 47.1 Å². The van der Waals surface area contributed by atoms with E-state index in [0.29, 0.717) is 24.7 Å². The Bertz CT molecular complexity index is 752. The summed E-state index contributed by atoms with van der Waals surface area (Å²) in [6.45, 7) is 0. The molecular formula is C19H23N3O3. The number of aromatic nitrogens is 2. The van der Waals surface area contributed by atoms with E-state index >= 15 is 0 Å². The molecule has 6 nitrogen and oxygen atoms in total. The number of nitrogens with one attached hydrogen (secondary N) is 1. The van der Waals surface area contributed by atoms with Crippen LogP contribution in [0.25, 0.3) is 0 Å². The van der Waals surface area contributed by atoms with Gasteiger partial charge >= 0.3 is 0 Å². The van der Waals surface area contributed by atoms with Crippen LogP contribution in [0.4, 0.5) is 0 Å². The van der Waals surface area contributed by atoms with Crippen LogP contribution < -0.4 is 5.32 Å². The highest BCUT2D eigenvalue weighted by atomic mass is 16.5. The van der Waals surface area contributed by atoms with Gasteiger partial charge in [-0.25, -0.2) is 0 Å². The first kappa shape index (κ1) is 16.3. The highest BCUT2D eigenvalue weighted by Crippen LogP contribution is 2.33. The first-order valence-electron chi connectivity index (χ1n) is 9.08. The highest BCUT2D eigenvalue weighted by molar-refractivity contribution is 5.77. The summed E-state index contributed by atoms with van der Waals surface area (Å²) in [6.07, 6.45) is 5.41. The van der Waals surface area contributed by atoms with Gasteiger partial charge in [-0.15, -0.1) is 0 Å². The second-order valence-corrected chi connectivity index (χ2v) is 7.04. The number of aliphatic hydroxyl groups excluding tert-OH is 1. The minimum atomic E-state index is -0.571. The number of benzene rings is 1. The van der Waals surface area contributed by atoms with Gasteiger partial charge in [-0.1, -0.05) is 42.3 Å². The number of fused-ring (bicyclic) bond motifs is 1. The third kappa shape index (κ3) is 3.44. The van der Waals surface area contributed by atoms with Crippen LogP contribution in [-0.2, 0) is 17.6 Å². The Balaban J connectivity index is 1.32. The van der Waals surface area contributed by atoms with E-state index in [0.717, 1.165) is 29.8 Å². The Kier molecular flexibility index (Phi) is 4.53. The molecule has 0 bridgehead atoms. The smallest absolute Gasteiger partial charge is 0.227 e. The molecule has 0 radical (unpaired) electrons. The minimum Gasteiger partial charge on any atom is -0.390 e. The fraction of sp³-hybridized carbons (Fsp3) is 0.526. The first-order valence-corrected chi connectivity index (χ1v) is 9.08. The van der Waals surface area contributed by atoms with Gasteiger partial charge in [0.2, 0.25) is 11.8 Å². The molecule has 2 atom stereocenters. The van der Waals surface area contributed by atoms with E-state index in [4.69, 9.17) is 4.52 Å². The van der Waals surface area contributed by atoms with Gasteiger partial charge in [-0.2, -0.15) is 4.98 Å². The summed E-state index contributed by atoms with van der Waals surface area (Å²) in [4.78, 5) is 16.7. The third-order valence-corrected chi connectivity index (χ3v) is 5.29. The lowest BCUT2D eigenvalue weighted by Gasteiger charge is -2.17. The topological polar surface area (TPSA) is 88.2 Å². The zero-order valence-corrected chi connectivity index (χ0v) is 14.1. The van der Waals surface area contributed by atoms with E-state index in [1.165, 1.54) is 12.8 Å². The molecule has 1 fully saturated rings. The van der Waals surface area contributed by atoms with E-state index in [2.05, 4.69) is 15.5 Å². The second-order valence-electron chi connectivity index (χ2n) is 7.04. The number of aliphatic hydroxyl groups is 1. The maximum Gasteiger partial charge on any atom is 0.227 e. The maximum absolute atomic E-state index is 12.3. The highest BCUT2D eigenvalue weighted by Gasteiger charge is 2.31. The number of amides is 1. The lowest BCUT2D eigenvalue weighted by Crippen LogP contribution is -2.34. The molecule has 4 rings (SSSR count). The van der Waals surface area contributed by atoms with Crippen LogP contribution in [0.1, 0.15) is 66.9 Å². The van der Waals surface area contributed by atoms with Crippen molar-refractivity contribution >= 4 is 5.91 Å². The summed E-state index contributed by atoms with van der Waals surface area (Å²) in [7, 11) is 0. The predicted molar refractivity (Wildman–Crippen MR) is 90.9 cm³/mol. The Morgan fingerprint density at radius 3 is 2.92 bits per heavy atom. The lowest BCUT2D eigenvalue weighted by molar-refractivity contribution is -0.122. The van der Waals surface area contributed by atoms with Crippen LogP contribution in [0.3, 0.4) is 0 Å². The maximum atomic E-state index is 12.3. The monoisotopic (exact) mass is 341 g/mol. The molecule has 132 valence electrons. The number of rotatable bonds is 5. The van der Waals surface area contributed by atoms with Crippen molar-refractivity contribution in [1.82, 2.24) is 15.5 Å². The zero-order chi connectivity index (χ0) is 17.2. The van der Waals surface area contributed by atoms with Crippen LogP contribution in [-0.4, -0.2) is 27.3 Å². The molecule has 25 heavy (non-hydrogen) atoms. The molecule has 6 heteroatoms. The Morgan fingerprint density at radius 1 is 1.28 bits per heavy atom. The molecule has 2 N–H and O–H groups in total. The summed E-state index contributed by atoms with van der Waals surface area (Å²) in [5.74, 6) is 1.61. The van der Waals surface area contributed by atoms with Crippen LogP contribution in [0.15, 0.2) is 28.8 Å². The van der Waals surface area contributed by atoms with Crippen LogP contribution >= 0.6 is 0 Å². The normalized spacial score (nSPS) is 22.9. The van der Waals surface area contributed by atoms with Crippen LogP contribution in [0.2, 0.25) is 0 Å². The second kappa shape index (κ2) is 6.96. The molecule has 1 heterocycles. The van der Waals surface area contributed by atoms with Crippen molar-refractivity contribution in [2.75, 3.05) is 0 Å². The lowest BCUT2D eigenvalue weighted by atomic mass is 10.1. The summed E-state index contributed by atoms with van der Waals surface area (Å²) >= 11 is 0. The van der Waals surface area contributed by atoms with Crippen molar-refractivity contribution in [1.29, 1.82) is 0 Å². The van der Waals surface area contributed by atoms with Gasteiger partial charge in [0, 0.05) is 25.2 Å². The van der Waals surface area contributed by atoms with Crippen molar-refractivity contribution in [2.45, 2.75) is 63.0 Å². The third-order valence-electron chi connectivity index (χ3n) is 5.29. The number of hydrogen-bond acceptors (Lipinski definition) is 5. The van der Waals surface area contributed by atoms with Crippen molar-refractivity contribution < 1.29 is 14.4 Å². The summed E-state index contributed by atoms with van der Waals surface area (Å²) in [5, 5.41) is 17.2. The van der Waals surface area contributed by atoms with E-state index in [1.54, 1.807) is 0 Å². The Hall–Kier alpha value is -2.21. The molecule has 1 aromatic heterocycles. The Morgan fingerprint density at radius 2 is 2.08 bits per heavy atom. The standard InChI is InChI=1S/C19H23N3O3/c23-15-11-13-7-3-4-8-14(13)18(15)20-16(24)9-10-17-21-19(22-25-17)12-5-1-2-6-12/h3-4,7-8,12,15,18,23H,1-2,5-6,9-11H2,(H,20,24)/t15-,18+/m0/s1. The van der Waals surface area contributed by atoms with Crippen molar-refractivity contribution in [2.24, 2.45) is 0 Å². The van der Waals surface area contributed by atoms with Crippen LogP contribution in [0, 0.1) is 0 Å². The van der Waals surface area contributed by atoms with Gasteiger partial charge in [0.15, 0.2) is 5.82 Å². The summed E-state index contributed by atoms with van der Waals surface area (Å²) in [6, 6.07) is 7.50. The summed E-state index contributed by atoms with van der Waals surface area (Å²) < 4.78 is 5.28. The number of hydrogen-bond donors (Lipinski definition) is 2. The molecule has 1 amide bonds. The van der Waals surface area contributed by atoms with E-state index in [-0.39, 0.29) is 18.4 Å². The van der Waals surface area contributed by atoms with Gasteiger partial charge in [-0.05, 0) is 24.0 Å². The molecule has 0 saturated heterocycles. The van der Waals surface area contributed by atoms with Gasteiger partial charge in [0.05, 0.1) is 12.1 Å². The molecule has 2 aliphatic carbocycles. The molecule has 0 aliphatic heterocycles. The van der Waals surface area contributed by atoms with Gasteiger partial charge in [0.25, 0.3) is 0 Å². The quantitative estimate of drug-likeness (QED) is 0.872. The predicted octanol–water partition coefficient (Wildman–Crippen LogP) is 2.43. The molecule has 0 spiro atoms. The van der Waals surface area contributed by atoms with Crippen molar-refractivity contribution in [3.8, 4) is 0 Å². The van der Waals surface area contributed by atoms with E-state index in [9.17, 15) is 9.90 Å². The van der Waals surface area contributed by atoms with Gasteiger partial charge in [0.1, 0.15) is 0 Å². The number of nitrogens with zero attached hydrogens (tertiary/aromatic N) is 2. The van der Waals surface area contributed by atoms with Gasteiger partial charge < -0.3 is 14.9 Å². The zero-order valence-electron chi connectivity index (χ0n) is 14.1. The van der Waals surface area contributed by atoms with Gasteiger partial charge in [-0.3, -0.25) is 4.79 Å². The fourth-order valence-corrected chi connectivity index (χ4v) is 3.93. The number of carbonyl (C=O) groups is 1. The van der Waals surface area contributed by atoms with Crippen LogP contribution in [0.5, 0.6) is 0 Å². The minimum absolute atomic E-state index is 0.110. The summed E-state index contributed by atoms with van der Waals surface area (Å²) in [5.41, 5.74) is 2.10. The molecular weight excluding hydrogens is 318 g/mol. The molecule has 0 unspecified atom stereocenters. The molecule has 2 aliphatic rings. The molecule has 1 aromatic carbocycles. The van der Waals surface area contributed by atoms with E-state index in [1.807, 2.05) is 24.3 Å². The fourth-order valence-electron chi connectivity index (χ4n) is 3.93. The van der Waals surface area contributed by atoms with E-state index < -0.39 is 6.10 Å². The average molecular weight is 341 g/mol. The number of carbonyl (C=O) groups excluding carboxylic acids is 1. The van der Waals surface area contributed by atoms with Crippen molar-refractivity contribution in [3.63, 3.8) is 0 Å². The average Bonchev–Trinajstić information content (AvgIpc) is 3.33. The Labute approximate surface area is 146 Å². The SMILES string of the molecule is O=C(CCc1nc(C2CCCC2)no1)N[C@@H]1c2ccccc2C[C@@H]1O. The first-order chi connectivity index (χ1) is 12.2. The molecule has 2 aromatic rings. The molecule has 1 saturated carbocycles. The number of aryl methyl sites for hydroxylation is 1.